The molecular formula is C20H27N3O6. The fourth-order valence-corrected chi connectivity index (χ4v) is 3.15. The van der Waals surface area contributed by atoms with E-state index in [1.165, 1.54) is 21.0 Å². The molecule has 0 saturated heterocycles. The molecule has 158 valence electrons. The molecule has 0 heterocycles. The molecule has 1 aromatic rings. The van der Waals surface area contributed by atoms with Crippen molar-refractivity contribution in [2.24, 2.45) is 11.7 Å². The Hall–Kier alpha value is -2.94. The van der Waals surface area contributed by atoms with Gasteiger partial charge >= 0.3 is 12.1 Å². The minimum atomic E-state index is -1.35. The highest BCUT2D eigenvalue weighted by atomic mass is 16.5. The Morgan fingerprint density at radius 2 is 1.79 bits per heavy atom. The van der Waals surface area contributed by atoms with Gasteiger partial charge in [-0.25, -0.2) is 4.79 Å². The summed E-state index contributed by atoms with van der Waals surface area (Å²) in [7, 11) is 1.21. The van der Waals surface area contributed by atoms with Gasteiger partial charge in [0, 0.05) is 5.92 Å². The maximum Gasteiger partial charge on any atom is 0.408 e. The summed E-state index contributed by atoms with van der Waals surface area (Å²) in [5, 5.41) is 4.95. The smallest absolute Gasteiger partial charge is 0.408 e. The lowest BCUT2D eigenvalue weighted by Crippen LogP contribution is -2.66. The molecule has 9 nitrogen and oxygen atoms in total. The van der Waals surface area contributed by atoms with E-state index in [2.05, 4.69) is 15.4 Å². The quantitative estimate of drug-likeness (QED) is 0.540. The molecule has 9 heteroatoms. The first kappa shape index (κ1) is 22.4. The number of hydrogen-bond acceptors (Lipinski definition) is 7. The number of esters is 1. The van der Waals surface area contributed by atoms with Crippen LogP contribution in [0.1, 0.15) is 32.3 Å². The summed E-state index contributed by atoms with van der Waals surface area (Å²) >= 11 is 0. The SMILES string of the molecule is COC(=O)C1(N)CCC1C(=O)[C@H](C)NC(=O)[C@H](C)NC(=O)OCc1ccccc1. The molecule has 0 radical (unpaired) electrons. The minimum Gasteiger partial charge on any atom is -0.468 e. The lowest BCUT2D eigenvalue weighted by Gasteiger charge is -2.43. The summed E-state index contributed by atoms with van der Waals surface area (Å²) in [5.41, 5.74) is 5.46. The van der Waals surface area contributed by atoms with Crippen molar-refractivity contribution in [3.63, 3.8) is 0 Å². The van der Waals surface area contributed by atoms with E-state index in [9.17, 15) is 19.2 Å². The van der Waals surface area contributed by atoms with Crippen molar-refractivity contribution in [3.8, 4) is 0 Å². The number of nitrogens with two attached hydrogens (primary N) is 1. The van der Waals surface area contributed by atoms with Crippen molar-refractivity contribution in [3.05, 3.63) is 35.9 Å². The third kappa shape index (κ3) is 5.32. The van der Waals surface area contributed by atoms with Crippen LogP contribution in [0.5, 0.6) is 0 Å². The summed E-state index contributed by atoms with van der Waals surface area (Å²) < 4.78 is 9.74. The van der Waals surface area contributed by atoms with E-state index in [1.54, 1.807) is 0 Å². The number of carbonyl (C=O) groups excluding carboxylic acids is 4. The number of ether oxygens (including phenoxy) is 2. The normalized spacial score (nSPS) is 22.4. The zero-order valence-corrected chi connectivity index (χ0v) is 16.8. The Bertz CT molecular complexity index is 769. The topological polar surface area (TPSA) is 137 Å². The van der Waals surface area contributed by atoms with Gasteiger partial charge in [-0.3, -0.25) is 14.4 Å². The molecule has 4 N–H and O–H groups in total. The molecule has 1 aliphatic rings. The van der Waals surface area contributed by atoms with Crippen LogP contribution in [0.15, 0.2) is 30.3 Å². The Labute approximate surface area is 169 Å². The van der Waals surface area contributed by atoms with Crippen LogP contribution in [0.3, 0.4) is 0 Å². The van der Waals surface area contributed by atoms with E-state index >= 15 is 0 Å². The molecule has 0 bridgehead atoms. The molecular weight excluding hydrogens is 378 g/mol. The average molecular weight is 405 g/mol. The van der Waals surface area contributed by atoms with Crippen molar-refractivity contribution in [1.29, 1.82) is 0 Å². The first-order chi connectivity index (χ1) is 13.7. The Morgan fingerprint density at radius 3 is 2.34 bits per heavy atom. The highest BCUT2D eigenvalue weighted by Gasteiger charge is 2.54. The van der Waals surface area contributed by atoms with Gasteiger partial charge in [0.15, 0.2) is 5.78 Å². The predicted molar refractivity (Wildman–Crippen MR) is 103 cm³/mol. The second-order valence-electron chi connectivity index (χ2n) is 7.18. The number of methoxy groups -OCH3 is 1. The van der Waals surface area contributed by atoms with Crippen molar-refractivity contribution in [1.82, 2.24) is 10.6 Å². The number of alkyl carbamates (subject to hydrolysis) is 1. The standard InChI is InChI=1S/C20H27N3O6/c1-12(16(24)15-9-10-20(15,21)18(26)28-3)22-17(25)13(2)23-19(27)29-11-14-7-5-4-6-8-14/h4-8,12-13,15H,9-11,21H2,1-3H3,(H,22,25)(H,23,27)/t12-,13-,15?,20?/m0/s1. The zero-order chi connectivity index (χ0) is 21.6. The summed E-state index contributed by atoms with van der Waals surface area (Å²) in [5.74, 6) is -2.26. The molecule has 2 unspecified atom stereocenters. The number of amides is 2. The second kappa shape index (κ2) is 9.51. The lowest BCUT2D eigenvalue weighted by atomic mass is 9.64. The van der Waals surface area contributed by atoms with Gasteiger partial charge in [0.05, 0.1) is 13.2 Å². The highest BCUT2D eigenvalue weighted by molar-refractivity contribution is 5.98. The molecule has 0 aliphatic heterocycles. The van der Waals surface area contributed by atoms with Crippen molar-refractivity contribution >= 4 is 23.8 Å². The third-order valence-corrected chi connectivity index (χ3v) is 5.10. The number of benzene rings is 1. The minimum absolute atomic E-state index is 0.0731. The van der Waals surface area contributed by atoms with Gasteiger partial charge in [-0.15, -0.1) is 0 Å². The van der Waals surface area contributed by atoms with Crippen LogP contribution in [0.25, 0.3) is 0 Å². The van der Waals surface area contributed by atoms with Crippen LogP contribution in [-0.2, 0) is 30.5 Å². The van der Waals surface area contributed by atoms with Crippen LogP contribution in [0.2, 0.25) is 0 Å². The third-order valence-electron chi connectivity index (χ3n) is 5.10. The molecule has 2 amide bonds. The van der Waals surface area contributed by atoms with Crippen molar-refractivity contribution < 1.29 is 28.7 Å². The number of hydrogen-bond donors (Lipinski definition) is 3. The van der Waals surface area contributed by atoms with Crippen LogP contribution in [-0.4, -0.2) is 48.5 Å². The Balaban J connectivity index is 1.81. The largest absolute Gasteiger partial charge is 0.468 e. The first-order valence-electron chi connectivity index (χ1n) is 9.37. The fourth-order valence-electron chi connectivity index (χ4n) is 3.15. The second-order valence-corrected chi connectivity index (χ2v) is 7.18. The zero-order valence-electron chi connectivity index (χ0n) is 16.8. The Morgan fingerprint density at radius 1 is 1.14 bits per heavy atom. The molecule has 4 atom stereocenters. The summed E-state index contributed by atoms with van der Waals surface area (Å²) in [6.07, 6.45) is 0.0489. The van der Waals surface area contributed by atoms with Gasteiger partial charge in [-0.05, 0) is 32.3 Å². The molecule has 2 rings (SSSR count). The molecule has 1 saturated carbocycles. The van der Waals surface area contributed by atoms with Crippen LogP contribution >= 0.6 is 0 Å². The van der Waals surface area contributed by atoms with Gasteiger partial charge in [-0.1, -0.05) is 30.3 Å². The number of carbonyl (C=O) groups is 4. The van der Waals surface area contributed by atoms with E-state index in [0.29, 0.717) is 12.8 Å². The van der Waals surface area contributed by atoms with Crippen LogP contribution < -0.4 is 16.4 Å². The summed E-state index contributed by atoms with van der Waals surface area (Å²) in [4.78, 5) is 48.6. The van der Waals surface area contributed by atoms with Crippen molar-refractivity contribution in [2.75, 3.05) is 7.11 Å². The van der Waals surface area contributed by atoms with Gasteiger partial charge in [0.1, 0.15) is 18.2 Å². The molecule has 1 fully saturated rings. The van der Waals surface area contributed by atoms with Gasteiger partial charge in [0.25, 0.3) is 0 Å². The van der Waals surface area contributed by atoms with Crippen LogP contribution in [0, 0.1) is 5.92 Å². The van der Waals surface area contributed by atoms with E-state index in [-0.39, 0.29) is 12.4 Å². The molecule has 0 spiro atoms. The summed E-state index contributed by atoms with van der Waals surface area (Å²) in [6, 6.07) is 7.32. The van der Waals surface area contributed by atoms with Gasteiger partial charge in [0.2, 0.25) is 5.91 Å². The summed E-state index contributed by atoms with van der Waals surface area (Å²) in [6.45, 7) is 3.06. The maximum atomic E-state index is 12.6. The van der Waals surface area contributed by atoms with Gasteiger partial charge < -0.3 is 25.8 Å². The van der Waals surface area contributed by atoms with E-state index < -0.39 is 41.5 Å². The first-order valence-corrected chi connectivity index (χ1v) is 9.37. The van der Waals surface area contributed by atoms with Crippen LogP contribution in [0.4, 0.5) is 4.79 Å². The highest BCUT2D eigenvalue weighted by Crippen LogP contribution is 2.38. The predicted octanol–water partition coefficient (Wildman–Crippen LogP) is 0.656. The maximum absolute atomic E-state index is 12.6. The lowest BCUT2D eigenvalue weighted by molar-refractivity contribution is -0.158. The fraction of sp³-hybridized carbons (Fsp3) is 0.500. The number of rotatable bonds is 8. The molecule has 29 heavy (non-hydrogen) atoms. The van der Waals surface area contributed by atoms with E-state index in [4.69, 9.17) is 10.5 Å². The molecule has 0 aromatic heterocycles. The van der Waals surface area contributed by atoms with E-state index in [0.717, 1.165) is 5.56 Å². The number of nitrogens with one attached hydrogen (secondary N) is 2. The van der Waals surface area contributed by atoms with E-state index in [1.807, 2.05) is 30.3 Å². The molecule has 1 aromatic carbocycles. The monoisotopic (exact) mass is 405 g/mol. The average Bonchev–Trinajstić information content (AvgIpc) is 2.70. The number of Topliss-reactive ketones (excluding diaryl/α,β-unsaturated/α-hetero) is 1. The van der Waals surface area contributed by atoms with Gasteiger partial charge in [-0.2, -0.15) is 0 Å². The Kier molecular flexibility index (Phi) is 7.33. The van der Waals surface area contributed by atoms with Crippen molar-refractivity contribution in [2.45, 2.75) is 50.9 Å². The number of ketones is 1. The molecule has 1 aliphatic carbocycles.